The summed E-state index contributed by atoms with van der Waals surface area (Å²) in [4.78, 5) is 1.13. The van der Waals surface area contributed by atoms with Crippen molar-refractivity contribution in [3.63, 3.8) is 0 Å². The molecule has 1 aliphatic rings. The predicted octanol–water partition coefficient (Wildman–Crippen LogP) is 0.853. The van der Waals surface area contributed by atoms with Crippen LogP contribution in [0.3, 0.4) is 0 Å². The molecule has 78 valence electrons. The van der Waals surface area contributed by atoms with Crippen LogP contribution in [0.2, 0.25) is 0 Å². The monoisotopic (exact) mass is 199 g/mol. The van der Waals surface area contributed by atoms with Gasteiger partial charge in [-0.25, -0.2) is 0 Å². The first-order chi connectivity index (χ1) is 5.97. The van der Waals surface area contributed by atoms with Crippen LogP contribution in [-0.4, -0.2) is 50.7 Å². The van der Waals surface area contributed by atoms with E-state index in [2.05, 4.69) is 0 Å². The van der Waals surface area contributed by atoms with Crippen LogP contribution < -0.4 is 0 Å². The van der Waals surface area contributed by atoms with Crippen molar-refractivity contribution in [2.75, 3.05) is 33.4 Å². The summed E-state index contributed by atoms with van der Waals surface area (Å²) in [5, 5.41) is 0. The predicted molar refractivity (Wildman–Crippen MR) is 39.2 cm³/mol. The molecule has 0 aromatic rings. The molecule has 0 bridgehead atoms. The summed E-state index contributed by atoms with van der Waals surface area (Å²) in [5.41, 5.74) is 0. The van der Waals surface area contributed by atoms with E-state index in [1.165, 1.54) is 7.05 Å². The largest absolute Gasteiger partial charge is 0.401 e. The van der Waals surface area contributed by atoms with E-state index in [9.17, 15) is 13.2 Å². The highest BCUT2D eigenvalue weighted by Crippen LogP contribution is 2.16. The zero-order valence-electron chi connectivity index (χ0n) is 7.30. The second-order valence-corrected chi connectivity index (χ2v) is 2.98. The minimum Gasteiger partial charge on any atom is -0.349 e. The molecule has 0 amide bonds. The van der Waals surface area contributed by atoms with E-state index in [-0.39, 0.29) is 6.54 Å². The van der Waals surface area contributed by atoms with Gasteiger partial charge in [0.1, 0.15) is 0 Å². The molecule has 6 heteroatoms. The lowest BCUT2D eigenvalue weighted by molar-refractivity contribution is -0.152. The molecule has 0 aromatic carbocycles. The fourth-order valence-corrected chi connectivity index (χ4v) is 1.14. The van der Waals surface area contributed by atoms with E-state index in [1.807, 2.05) is 0 Å². The van der Waals surface area contributed by atoms with E-state index in [4.69, 9.17) is 9.47 Å². The fraction of sp³-hybridized carbons (Fsp3) is 1.00. The highest BCUT2D eigenvalue weighted by molar-refractivity contribution is 4.62. The molecule has 13 heavy (non-hydrogen) atoms. The zero-order valence-corrected chi connectivity index (χ0v) is 7.30. The van der Waals surface area contributed by atoms with Gasteiger partial charge in [0.2, 0.25) is 0 Å². The van der Waals surface area contributed by atoms with Crippen molar-refractivity contribution in [1.82, 2.24) is 4.90 Å². The summed E-state index contributed by atoms with van der Waals surface area (Å²) in [5.74, 6) is 0. The molecule has 0 aromatic heterocycles. The number of halogens is 3. The van der Waals surface area contributed by atoms with E-state index in [1.54, 1.807) is 0 Å². The molecule has 0 radical (unpaired) electrons. The van der Waals surface area contributed by atoms with E-state index in [0.717, 1.165) is 4.90 Å². The van der Waals surface area contributed by atoms with Crippen molar-refractivity contribution in [1.29, 1.82) is 0 Å². The van der Waals surface area contributed by atoms with Crippen LogP contribution in [-0.2, 0) is 9.47 Å². The molecule has 1 heterocycles. The van der Waals surface area contributed by atoms with Crippen LogP contribution in [0.25, 0.3) is 0 Å². The van der Waals surface area contributed by atoms with Crippen molar-refractivity contribution >= 4 is 0 Å². The summed E-state index contributed by atoms with van der Waals surface area (Å²) in [7, 11) is 1.39. The van der Waals surface area contributed by atoms with Crippen molar-refractivity contribution < 1.29 is 22.6 Å². The molecule has 1 saturated heterocycles. The minimum absolute atomic E-state index is 0.152. The Balaban J connectivity index is 2.20. The Hall–Kier alpha value is -0.330. The van der Waals surface area contributed by atoms with E-state index in [0.29, 0.717) is 13.2 Å². The molecule has 0 saturated carbocycles. The van der Waals surface area contributed by atoms with Gasteiger partial charge in [0, 0.05) is 6.54 Å². The van der Waals surface area contributed by atoms with Crippen LogP contribution in [0.1, 0.15) is 0 Å². The number of hydrogen-bond acceptors (Lipinski definition) is 3. The molecular formula is C7H12F3NO2. The van der Waals surface area contributed by atoms with Crippen LogP contribution in [0.15, 0.2) is 0 Å². The van der Waals surface area contributed by atoms with Crippen molar-refractivity contribution in [2.24, 2.45) is 0 Å². The summed E-state index contributed by atoms with van der Waals surface area (Å²) < 4.78 is 45.6. The highest BCUT2D eigenvalue weighted by Gasteiger charge is 2.30. The molecule has 0 spiro atoms. The van der Waals surface area contributed by atoms with Gasteiger partial charge >= 0.3 is 6.18 Å². The SMILES string of the molecule is CN(CC1OCCO1)CC(F)(F)F. The standard InChI is InChI=1S/C7H12F3NO2/c1-11(5-7(8,9)10)4-6-12-2-3-13-6/h6H,2-5H2,1H3. The van der Waals surface area contributed by atoms with Gasteiger partial charge in [-0.1, -0.05) is 0 Å². The minimum atomic E-state index is -4.16. The molecule has 0 aliphatic carbocycles. The molecule has 0 N–H and O–H groups in total. The third kappa shape index (κ3) is 4.44. The van der Waals surface area contributed by atoms with Gasteiger partial charge in [-0.05, 0) is 7.05 Å². The van der Waals surface area contributed by atoms with Gasteiger partial charge in [0.05, 0.1) is 19.8 Å². The smallest absolute Gasteiger partial charge is 0.349 e. The van der Waals surface area contributed by atoms with E-state index >= 15 is 0 Å². The summed E-state index contributed by atoms with van der Waals surface area (Å²) >= 11 is 0. The van der Waals surface area contributed by atoms with Crippen molar-refractivity contribution in [3.05, 3.63) is 0 Å². The van der Waals surface area contributed by atoms with Crippen molar-refractivity contribution in [3.8, 4) is 0 Å². The topological polar surface area (TPSA) is 21.7 Å². The molecule has 1 aliphatic heterocycles. The van der Waals surface area contributed by atoms with Crippen LogP contribution in [0.4, 0.5) is 13.2 Å². The summed E-state index contributed by atoms with van der Waals surface area (Å²) in [6, 6.07) is 0. The lowest BCUT2D eigenvalue weighted by atomic mass is 10.5. The second kappa shape index (κ2) is 4.26. The number of ether oxygens (including phenoxy) is 2. The summed E-state index contributed by atoms with van der Waals surface area (Å²) in [6.07, 6.45) is -4.67. The Kier molecular flexibility index (Phi) is 3.52. The van der Waals surface area contributed by atoms with Crippen LogP contribution in [0.5, 0.6) is 0 Å². The first-order valence-corrected chi connectivity index (χ1v) is 3.96. The Morgan fingerprint density at radius 3 is 2.31 bits per heavy atom. The first-order valence-electron chi connectivity index (χ1n) is 3.96. The quantitative estimate of drug-likeness (QED) is 0.672. The maximum absolute atomic E-state index is 11.9. The van der Waals surface area contributed by atoms with Gasteiger partial charge in [-0.15, -0.1) is 0 Å². The van der Waals surface area contributed by atoms with Crippen molar-refractivity contribution in [2.45, 2.75) is 12.5 Å². The van der Waals surface area contributed by atoms with Gasteiger partial charge in [0.25, 0.3) is 0 Å². The van der Waals surface area contributed by atoms with Gasteiger partial charge in [0.15, 0.2) is 6.29 Å². The average Bonchev–Trinajstić information content (AvgIpc) is 2.34. The van der Waals surface area contributed by atoms with E-state index < -0.39 is 19.0 Å². The Morgan fingerprint density at radius 2 is 1.85 bits per heavy atom. The number of nitrogens with zero attached hydrogens (tertiary/aromatic N) is 1. The molecule has 1 fully saturated rings. The second-order valence-electron chi connectivity index (χ2n) is 2.98. The third-order valence-electron chi connectivity index (χ3n) is 1.60. The third-order valence-corrected chi connectivity index (χ3v) is 1.60. The molecule has 0 atom stereocenters. The van der Waals surface area contributed by atoms with Crippen LogP contribution >= 0.6 is 0 Å². The zero-order chi connectivity index (χ0) is 9.90. The molecular weight excluding hydrogens is 187 g/mol. The lowest BCUT2D eigenvalue weighted by Gasteiger charge is -2.20. The molecule has 3 nitrogen and oxygen atoms in total. The summed E-state index contributed by atoms with van der Waals surface area (Å²) in [6.45, 7) is 0.144. The Bertz CT molecular complexity index is 156. The first kappa shape index (κ1) is 10.7. The van der Waals surface area contributed by atoms with Crippen LogP contribution in [0, 0.1) is 0 Å². The molecule has 0 unspecified atom stereocenters. The Morgan fingerprint density at radius 1 is 1.31 bits per heavy atom. The number of rotatable bonds is 3. The Labute approximate surface area is 74.4 Å². The number of hydrogen-bond donors (Lipinski definition) is 0. The van der Waals surface area contributed by atoms with Gasteiger partial charge in [-0.3, -0.25) is 4.90 Å². The maximum Gasteiger partial charge on any atom is 0.401 e. The van der Waals surface area contributed by atoms with Gasteiger partial charge < -0.3 is 9.47 Å². The lowest BCUT2D eigenvalue weighted by Crippen LogP contribution is -2.36. The number of alkyl halides is 3. The highest BCUT2D eigenvalue weighted by atomic mass is 19.4. The normalized spacial score (nSPS) is 20.1. The maximum atomic E-state index is 11.9. The average molecular weight is 199 g/mol. The van der Waals surface area contributed by atoms with Gasteiger partial charge in [-0.2, -0.15) is 13.2 Å². The molecule has 1 rings (SSSR count). The number of likely N-dealkylation sites (N-methyl/N-ethyl adjacent to an activating group) is 1. The fourth-order valence-electron chi connectivity index (χ4n) is 1.14.